The molecule has 0 aliphatic rings. The number of rotatable bonds is 8. The average Bonchev–Trinajstić information content (AvgIpc) is 3.34. The first-order chi connectivity index (χ1) is 17.7. The van der Waals surface area contributed by atoms with E-state index in [0.717, 1.165) is 11.3 Å². The number of nitrogens with zero attached hydrogens (tertiary/aromatic N) is 4. The highest BCUT2D eigenvalue weighted by molar-refractivity contribution is 6.39. The van der Waals surface area contributed by atoms with Gasteiger partial charge in [-0.25, -0.2) is 14.5 Å². The van der Waals surface area contributed by atoms with Gasteiger partial charge in [-0.15, -0.1) is 5.10 Å². The van der Waals surface area contributed by atoms with Crippen LogP contribution < -0.4 is 16.8 Å². The Bertz CT molecular complexity index is 1440. The number of guanidine groups is 1. The fourth-order valence-electron chi connectivity index (χ4n) is 3.54. The molecule has 4 rings (SSSR count). The summed E-state index contributed by atoms with van der Waals surface area (Å²) < 4.78 is 1.60. The lowest BCUT2D eigenvalue weighted by atomic mass is 10.0. The molecule has 6 N–H and O–H groups in total. The molecule has 4 aromatic rings. The van der Waals surface area contributed by atoms with Gasteiger partial charge in [-0.3, -0.25) is 4.79 Å². The highest BCUT2D eigenvalue weighted by Gasteiger charge is 2.24. The Labute approximate surface area is 221 Å². The number of carbonyl (C=O) groups is 2. The van der Waals surface area contributed by atoms with Crippen LogP contribution in [-0.4, -0.2) is 44.0 Å². The van der Waals surface area contributed by atoms with E-state index in [1.807, 2.05) is 12.1 Å². The van der Waals surface area contributed by atoms with Crippen LogP contribution in [0.1, 0.15) is 15.9 Å². The van der Waals surface area contributed by atoms with Crippen LogP contribution in [0.2, 0.25) is 10.0 Å². The molecule has 0 aliphatic heterocycles. The van der Waals surface area contributed by atoms with Crippen molar-refractivity contribution in [3.8, 4) is 16.9 Å². The molecular weight excluding hydrogens is 517 g/mol. The summed E-state index contributed by atoms with van der Waals surface area (Å²) in [4.78, 5) is 28.4. The van der Waals surface area contributed by atoms with E-state index in [4.69, 9.17) is 34.7 Å². The molecule has 0 radical (unpaired) electrons. The summed E-state index contributed by atoms with van der Waals surface area (Å²) in [5, 5.41) is 20.8. The van der Waals surface area contributed by atoms with Crippen LogP contribution in [0.5, 0.6) is 0 Å². The van der Waals surface area contributed by atoms with E-state index in [1.165, 1.54) is 12.1 Å². The standard InChI is InChI=1S/C25H21Cl2N7O3/c26-18-2-1-3-19(27)22(18)23(35)31-20(24(36)37)12-14-4-10-17(11-5-14)34-13-21(32-33-34)15-6-8-16(9-7-15)30-25(28)29/h1-11,13,20H,12H2,(H,31,35)(H,36,37)(H4,28,29,30)/t20-/m0/s1. The zero-order valence-electron chi connectivity index (χ0n) is 19.2. The minimum absolute atomic E-state index is 0.0239. The minimum atomic E-state index is -1.19. The highest BCUT2D eigenvalue weighted by Crippen LogP contribution is 2.25. The van der Waals surface area contributed by atoms with E-state index in [2.05, 4.69) is 20.6 Å². The van der Waals surface area contributed by atoms with Crippen LogP contribution in [0.25, 0.3) is 16.9 Å². The van der Waals surface area contributed by atoms with E-state index in [9.17, 15) is 14.7 Å². The van der Waals surface area contributed by atoms with Crippen molar-refractivity contribution in [3.63, 3.8) is 0 Å². The molecule has 3 aromatic carbocycles. The molecule has 1 heterocycles. The van der Waals surface area contributed by atoms with Gasteiger partial charge in [-0.1, -0.05) is 58.7 Å². The maximum atomic E-state index is 12.6. The molecule has 0 aliphatic carbocycles. The monoisotopic (exact) mass is 537 g/mol. The van der Waals surface area contributed by atoms with E-state index in [1.54, 1.807) is 53.3 Å². The summed E-state index contributed by atoms with van der Waals surface area (Å²) in [5.41, 5.74) is 14.3. The van der Waals surface area contributed by atoms with E-state index in [0.29, 0.717) is 16.9 Å². The van der Waals surface area contributed by atoms with Crippen molar-refractivity contribution in [2.45, 2.75) is 12.5 Å². The third kappa shape index (κ3) is 6.24. The molecular formula is C25H21Cl2N7O3. The van der Waals surface area contributed by atoms with E-state index in [-0.39, 0.29) is 28.0 Å². The van der Waals surface area contributed by atoms with E-state index >= 15 is 0 Å². The number of aliphatic imine (C=N–C) groups is 1. The molecule has 1 atom stereocenters. The van der Waals surface area contributed by atoms with Gasteiger partial charge in [0.15, 0.2) is 5.96 Å². The molecule has 1 amide bonds. The highest BCUT2D eigenvalue weighted by atomic mass is 35.5. The summed E-state index contributed by atoms with van der Waals surface area (Å²) >= 11 is 12.1. The molecule has 0 saturated carbocycles. The van der Waals surface area contributed by atoms with Crippen LogP contribution in [0.3, 0.4) is 0 Å². The van der Waals surface area contributed by atoms with Gasteiger partial charge in [0.05, 0.1) is 33.2 Å². The predicted octanol–water partition coefficient (Wildman–Crippen LogP) is 3.57. The Hall–Kier alpha value is -4.41. The molecule has 10 nitrogen and oxygen atoms in total. The Balaban J connectivity index is 1.45. The molecule has 12 heteroatoms. The fourth-order valence-corrected chi connectivity index (χ4v) is 4.11. The fraction of sp³-hybridized carbons (Fsp3) is 0.0800. The summed E-state index contributed by atoms with van der Waals surface area (Å²) in [5.74, 6) is -1.88. The van der Waals surface area contributed by atoms with Gasteiger partial charge >= 0.3 is 5.97 Å². The normalized spacial score (nSPS) is 11.5. The Morgan fingerprint density at radius 2 is 1.65 bits per heavy atom. The Morgan fingerprint density at radius 1 is 1.00 bits per heavy atom. The number of halogens is 2. The Kier molecular flexibility index (Phi) is 7.71. The molecule has 37 heavy (non-hydrogen) atoms. The van der Waals surface area contributed by atoms with Crippen LogP contribution in [0.4, 0.5) is 5.69 Å². The number of nitrogens with two attached hydrogens (primary N) is 2. The first-order valence-electron chi connectivity index (χ1n) is 10.9. The second kappa shape index (κ2) is 11.1. The molecule has 0 fully saturated rings. The number of carboxylic acids is 1. The number of benzene rings is 3. The number of carboxylic acid groups (broad SMARTS) is 1. The number of nitrogens with one attached hydrogen (secondary N) is 1. The zero-order chi connectivity index (χ0) is 26.5. The van der Waals surface area contributed by atoms with Crippen LogP contribution in [0, 0.1) is 0 Å². The van der Waals surface area contributed by atoms with Crippen molar-refractivity contribution < 1.29 is 14.7 Å². The largest absolute Gasteiger partial charge is 0.480 e. The summed E-state index contributed by atoms with van der Waals surface area (Å²) in [6, 6.07) is 17.7. The van der Waals surface area contributed by atoms with Crippen molar-refractivity contribution in [2.24, 2.45) is 16.5 Å². The molecule has 0 saturated heterocycles. The number of aromatic nitrogens is 3. The molecule has 0 bridgehead atoms. The topological polar surface area (TPSA) is 162 Å². The molecule has 1 aromatic heterocycles. The van der Waals surface area contributed by atoms with Gasteiger partial charge in [0.1, 0.15) is 11.7 Å². The van der Waals surface area contributed by atoms with Crippen molar-refractivity contribution in [1.29, 1.82) is 0 Å². The second-order valence-corrected chi connectivity index (χ2v) is 8.78. The van der Waals surface area contributed by atoms with Gasteiger partial charge in [-0.05, 0) is 42.0 Å². The summed E-state index contributed by atoms with van der Waals surface area (Å²) in [6.07, 6.45) is 1.81. The summed E-state index contributed by atoms with van der Waals surface area (Å²) in [7, 11) is 0. The van der Waals surface area contributed by atoms with Crippen LogP contribution >= 0.6 is 23.2 Å². The van der Waals surface area contributed by atoms with Gasteiger partial charge in [0.25, 0.3) is 5.91 Å². The average molecular weight is 538 g/mol. The van der Waals surface area contributed by atoms with Crippen molar-refractivity contribution in [2.75, 3.05) is 0 Å². The quantitative estimate of drug-likeness (QED) is 0.197. The third-order valence-corrected chi connectivity index (χ3v) is 5.98. The SMILES string of the molecule is NC(N)=Nc1ccc(-c2cn(-c3ccc(C[C@H](NC(=O)c4c(Cl)cccc4Cl)C(=O)O)cc3)nn2)cc1. The minimum Gasteiger partial charge on any atom is -0.480 e. The first-order valence-corrected chi connectivity index (χ1v) is 11.7. The lowest BCUT2D eigenvalue weighted by Crippen LogP contribution is -2.42. The van der Waals surface area contributed by atoms with Gasteiger partial charge in [-0.2, -0.15) is 0 Å². The lowest BCUT2D eigenvalue weighted by Gasteiger charge is -2.16. The number of carbonyl (C=O) groups excluding carboxylic acids is 1. The smallest absolute Gasteiger partial charge is 0.326 e. The zero-order valence-corrected chi connectivity index (χ0v) is 20.7. The van der Waals surface area contributed by atoms with E-state index < -0.39 is 17.9 Å². The van der Waals surface area contributed by atoms with Crippen LogP contribution in [0.15, 0.2) is 77.9 Å². The van der Waals surface area contributed by atoms with Crippen molar-refractivity contribution in [3.05, 3.63) is 94.1 Å². The van der Waals surface area contributed by atoms with Gasteiger partial charge in [0.2, 0.25) is 0 Å². The number of aliphatic carboxylic acids is 1. The first kappa shape index (κ1) is 25.7. The maximum absolute atomic E-state index is 12.6. The molecule has 0 spiro atoms. The van der Waals surface area contributed by atoms with Crippen molar-refractivity contribution >= 4 is 46.7 Å². The molecule has 188 valence electrons. The second-order valence-electron chi connectivity index (χ2n) is 7.96. The van der Waals surface area contributed by atoms with Crippen LogP contribution in [-0.2, 0) is 11.2 Å². The lowest BCUT2D eigenvalue weighted by molar-refractivity contribution is -0.139. The predicted molar refractivity (Wildman–Crippen MR) is 141 cm³/mol. The van der Waals surface area contributed by atoms with Crippen molar-refractivity contribution in [1.82, 2.24) is 20.3 Å². The van der Waals surface area contributed by atoms with Gasteiger partial charge in [0, 0.05) is 12.0 Å². The number of hydrogen-bond donors (Lipinski definition) is 4. The van der Waals surface area contributed by atoms with Gasteiger partial charge < -0.3 is 21.9 Å². The third-order valence-electron chi connectivity index (χ3n) is 5.35. The maximum Gasteiger partial charge on any atom is 0.326 e. The Morgan fingerprint density at radius 3 is 2.24 bits per heavy atom. The number of amides is 1. The number of hydrogen-bond acceptors (Lipinski definition) is 5. The summed E-state index contributed by atoms with van der Waals surface area (Å²) in [6.45, 7) is 0. The molecule has 0 unspecified atom stereocenters.